The Labute approximate surface area is 89.2 Å². The normalized spacial score (nSPS) is 34.4. The summed E-state index contributed by atoms with van der Waals surface area (Å²) >= 11 is 5.36. The zero-order chi connectivity index (χ0) is 10.3. The lowest BCUT2D eigenvalue weighted by molar-refractivity contribution is -0.121. The van der Waals surface area contributed by atoms with Crippen molar-refractivity contribution < 1.29 is 4.79 Å². The van der Waals surface area contributed by atoms with E-state index in [1.165, 1.54) is 0 Å². The summed E-state index contributed by atoms with van der Waals surface area (Å²) < 4.78 is 0. The van der Waals surface area contributed by atoms with E-state index in [4.69, 9.17) is 12.2 Å². The number of hydrogen-bond donors (Lipinski definition) is 0. The maximum absolute atomic E-state index is 11.8. The van der Waals surface area contributed by atoms with Crippen LogP contribution in [0.2, 0.25) is 0 Å². The second kappa shape index (κ2) is 3.42. The van der Waals surface area contributed by atoms with Gasteiger partial charge in [0.15, 0.2) is 5.78 Å². The van der Waals surface area contributed by atoms with Crippen LogP contribution in [0, 0.1) is 11.8 Å². The largest absolute Gasteiger partial charge is 0.359 e. The van der Waals surface area contributed by atoms with Gasteiger partial charge in [-0.1, -0.05) is 12.2 Å². The van der Waals surface area contributed by atoms with Gasteiger partial charge in [-0.15, -0.1) is 0 Å². The SMILES string of the molecule is CCN1CC(=O)[C@@H]2C[C@@H](C1=S)C2=NC. The number of rotatable bonds is 1. The van der Waals surface area contributed by atoms with E-state index < -0.39 is 0 Å². The van der Waals surface area contributed by atoms with Crippen molar-refractivity contribution in [2.24, 2.45) is 16.8 Å². The Hall–Kier alpha value is -0.770. The van der Waals surface area contributed by atoms with E-state index in [0.29, 0.717) is 6.54 Å². The molecule has 0 unspecified atom stereocenters. The molecule has 14 heavy (non-hydrogen) atoms. The Morgan fingerprint density at radius 2 is 2.29 bits per heavy atom. The van der Waals surface area contributed by atoms with E-state index in [1.807, 2.05) is 11.8 Å². The summed E-state index contributed by atoms with van der Waals surface area (Å²) in [4.78, 5) is 18.9. The highest BCUT2D eigenvalue weighted by molar-refractivity contribution is 7.80. The molecule has 3 aliphatic rings. The van der Waals surface area contributed by atoms with Crippen LogP contribution in [0.4, 0.5) is 0 Å². The molecule has 0 N–H and O–H groups in total. The van der Waals surface area contributed by atoms with Crippen molar-refractivity contribution in [3.63, 3.8) is 0 Å². The van der Waals surface area contributed by atoms with Gasteiger partial charge in [-0.25, -0.2) is 0 Å². The van der Waals surface area contributed by atoms with Gasteiger partial charge in [0.2, 0.25) is 0 Å². The van der Waals surface area contributed by atoms with Gasteiger partial charge in [-0.05, 0) is 13.3 Å². The smallest absolute Gasteiger partial charge is 0.160 e. The molecule has 0 aromatic rings. The molecule has 1 aliphatic carbocycles. The fraction of sp³-hybridized carbons (Fsp3) is 0.700. The van der Waals surface area contributed by atoms with Crippen LogP contribution in [0.1, 0.15) is 13.3 Å². The number of carbonyl (C=O) groups is 1. The lowest BCUT2D eigenvalue weighted by Gasteiger charge is -2.34. The highest BCUT2D eigenvalue weighted by Crippen LogP contribution is 2.36. The van der Waals surface area contributed by atoms with Gasteiger partial charge < -0.3 is 4.90 Å². The van der Waals surface area contributed by atoms with E-state index in [0.717, 1.165) is 23.7 Å². The number of likely N-dealkylation sites (N-methyl/N-ethyl adjacent to an activating group) is 1. The number of fused-ring (bicyclic) bond motifs is 3. The third kappa shape index (κ3) is 1.21. The first-order chi connectivity index (χ1) is 6.69. The molecule has 4 heteroatoms. The number of hydrogen-bond acceptors (Lipinski definition) is 3. The predicted octanol–water partition coefficient (Wildman–Crippen LogP) is 0.925. The topological polar surface area (TPSA) is 32.7 Å². The number of thiocarbonyl (C=S) groups is 1. The standard InChI is InChI=1S/C10H14N2OS/c1-3-12-5-8(13)6-4-7(10(12)14)9(6)11-2/h6-7H,3-5H2,1-2H3/t6-,7+/m0/s1. The van der Waals surface area contributed by atoms with Crippen molar-refractivity contribution >= 4 is 28.7 Å². The monoisotopic (exact) mass is 210 g/mol. The number of ketones is 1. The van der Waals surface area contributed by atoms with Crippen molar-refractivity contribution in [3.8, 4) is 0 Å². The van der Waals surface area contributed by atoms with Crippen LogP contribution < -0.4 is 0 Å². The van der Waals surface area contributed by atoms with Crippen molar-refractivity contribution in [3.05, 3.63) is 0 Å². The third-order valence-electron chi connectivity index (χ3n) is 3.17. The second-order valence-electron chi connectivity index (χ2n) is 3.81. The maximum Gasteiger partial charge on any atom is 0.160 e. The van der Waals surface area contributed by atoms with Gasteiger partial charge in [0.25, 0.3) is 0 Å². The minimum absolute atomic E-state index is 0.0690. The molecular weight excluding hydrogens is 196 g/mol. The molecule has 3 fully saturated rings. The van der Waals surface area contributed by atoms with Crippen LogP contribution in [0.15, 0.2) is 4.99 Å². The minimum atomic E-state index is 0.0690. The van der Waals surface area contributed by atoms with E-state index in [2.05, 4.69) is 4.99 Å². The van der Waals surface area contributed by atoms with Crippen LogP contribution in [0.25, 0.3) is 0 Å². The molecule has 1 saturated carbocycles. The van der Waals surface area contributed by atoms with Crippen molar-refractivity contribution in [1.82, 2.24) is 4.90 Å². The Bertz CT molecular complexity index is 324. The summed E-state index contributed by atoms with van der Waals surface area (Å²) in [6.45, 7) is 3.34. The quantitative estimate of drug-likeness (QED) is 0.603. The second-order valence-corrected chi connectivity index (χ2v) is 4.23. The maximum atomic E-state index is 11.8. The summed E-state index contributed by atoms with van der Waals surface area (Å²) in [6.07, 6.45) is 0.890. The molecule has 2 atom stereocenters. The van der Waals surface area contributed by atoms with E-state index >= 15 is 0 Å². The molecule has 0 aromatic carbocycles. The molecular formula is C10H14N2OS. The summed E-state index contributed by atoms with van der Waals surface area (Å²) in [5.41, 5.74) is 1.01. The first-order valence-electron chi connectivity index (χ1n) is 4.97. The van der Waals surface area contributed by atoms with Gasteiger partial charge in [0, 0.05) is 25.2 Å². The molecule has 3 nitrogen and oxygen atoms in total. The van der Waals surface area contributed by atoms with Crippen molar-refractivity contribution in [1.29, 1.82) is 0 Å². The third-order valence-corrected chi connectivity index (χ3v) is 3.71. The first-order valence-corrected chi connectivity index (χ1v) is 5.38. The van der Waals surface area contributed by atoms with E-state index in [-0.39, 0.29) is 17.6 Å². The van der Waals surface area contributed by atoms with E-state index in [9.17, 15) is 4.79 Å². The Balaban J connectivity index is 2.31. The highest BCUT2D eigenvalue weighted by Gasteiger charge is 2.47. The predicted molar refractivity (Wildman–Crippen MR) is 59.8 cm³/mol. The minimum Gasteiger partial charge on any atom is -0.359 e. The summed E-state index contributed by atoms with van der Waals surface area (Å²) in [6, 6.07) is 0. The summed E-state index contributed by atoms with van der Waals surface area (Å²) in [5.74, 6) is 0.620. The Kier molecular flexibility index (Phi) is 2.39. The molecule has 0 amide bonds. The van der Waals surface area contributed by atoms with E-state index in [1.54, 1.807) is 7.05 Å². The van der Waals surface area contributed by atoms with Crippen molar-refractivity contribution in [2.45, 2.75) is 13.3 Å². The number of Topliss-reactive ketones (excluding diaryl/α,β-unsaturated/α-hetero) is 1. The van der Waals surface area contributed by atoms with Crippen LogP contribution in [-0.2, 0) is 4.79 Å². The molecule has 2 aliphatic heterocycles. The number of nitrogens with zero attached hydrogens (tertiary/aromatic N) is 2. The highest BCUT2D eigenvalue weighted by atomic mass is 32.1. The first kappa shape index (κ1) is 9.77. The van der Waals surface area contributed by atoms with Crippen LogP contribution >= 0.6 is 12.2 Å². The molecule has 0 spiro atoms. The van der Waals surface area contributed by atoms with Crippen LogP contribution in [-0.4, -0.2) is 41.5 Å². The molecule has 2 bridgehead atoms. The van der Waals surface area contributed by atoms with Gasteiger partial charge in [0.05, 0.1) is 17.5 Å². The lowest BCUT2D eigenvalue weighted by atomic mass is 9.71. The van der Waals surface area contributed by atoms with Crippen LogP contribution in [0.5, 0.6) is 0 Å². The summed E-state index contributed by atoms with van der Waals surface area (Å²) in [5, 5.41) is 0. The molecule has 0 radical (unpaired) electrons. The zero-order valence-corrected chi connectivity index (χ0v) is 9.30. The Morgan fingerprint density at radius 3 is 2.86 bits per heavy atom. The van der Waals surface area contributed by atoms with Crippen LogP contribution in [0.3, 0.4) is 0 Å². The molecule has 3 rings (SSSR count). The molecule has 2 saturated heterocycles. The van der Waals surface area contributed by atoms with Crippen molar-refractivity contribution in [2.75, 3.05) is 20.1 Å². The molecule has 2 heterocycles. The fourth-order valence-corrected chi connectivity index (χ4v) is 2.67. The molecule has 76 valence electrons. The average molecular weight is 210 g/mol. The zero-order valence-electron chi connectivity index (χ0n) is 8.49. The number of carbonyl (C=O) groups excluding carboxylic acids is 1. The average Bonchev–Trinajstić information content (AvgIpc) is 2.29. The Morgan fingerprint density at radius 1 is 1.57 bits per heavy atom. The molecule has 0 aromatic heterocycles. The van der Waals surface area contributed by atoms with Gasteiger partial charge in [0.1, 0.15) is 0 Å². The summed E-state index contributed by atoms with van der Waals surface area (Å²) in [7, 11) is 1.76. The van der Waals surface area contributed by atoms with Gasteiger partial charge in [-0.2, -0.15) is 0 Å². The van der Waals surface area contributed by atoms with Gasteiger partial charge >= 0.3 is 0 Å². The lowest BCUT2D eigenvalue weighted by Crippen LogP contribution is -2.44. The number of aliphatic imine (C=N–C) groups is 1. The van der Waals surface area contributed by atoms with Gasteiger partial charge in [-0.3, -0.25) is 9.79 Å². The fourth-order valence-electron chi connectivity index (χ4n) is 2.26.